The molecule has 0 aromatic heterocycles. The van der Waals surface area contributed by atoms with Gasteiger partial charge < -0.3 is 0 Å². The van der Waals surface area contributed by atoms with E-state index in [0.29, 0.717) is 0 Å². The summed E-state index contributed by atoms with van der Waals surface area (Å²) < 4.78 is 0. The molecule has 0 heterocycles. The molecule has 64 valence electrons. The maximum Gasteiger partial charge on any atom is -0.0136 e. The van der Waals surface area contributed by atoms with Gasteiger partial charge in [0.1, 0.15) is 0 Å². The van der Waals surface area contributed by atoms with Crippen molar-refractivity contribution >= 4 is 0 Å². The van der Waals surface area contributed by atoms with E-state index in [4.69, 9.17) is 0 Å². The summed E-state index contributed by atoms with van der Waals surface area (Å²) >= 11 is 0. The van der Waals surface area contributed by atoms with Gasteiger partial charge in [0.25, 0.3) is 0 Å². The highest BCUT2D eigenvalue weighted by atomic mass is 14.1. The van der Waals surface area contributed by atoms with Crippen molar-refractivity contribution in [3.8, 4) is 0 Å². The molecule has 0 radical (unpaired) electrons. The molecule has 0 amide bonds. The Morgan fingerprint density at radius 1 is 1.27 bits per heavy atom. The van der Waals surface area contributed by atoms with Crippen molar-refractivity contribution in [2.75, 3.05) is 0 Å². The van der Waals surface area contributed by atoms with Crippen LogP contribution in [0.1, 0.15) is 52.4 Å². The molecule has 0 aromatic carbocycles. The maximum atomic E-state index is 2.35. The second-order valence-electron chi connectivity index (χ2n) is 4.06. The lowest BCUT2D eigenvalue weighted by Crippen LogP contribution is -1.86. The molecule has 0 aliphatic heterocycles. The van der Waals surface area contributed by atoms with E-state index in [9.17, 15) is 0 Å². The summed E-state index contributed by atoms with van der Waals surface area (Å²) in [6, 6.07) is 0. The Balaban J connectivity index is 1.76. The second kappa shape index (κ2) is 4.58. The summed E-state index contributed by atoms with van der Waals surface area (Å²) in [5.41, 5.74) is 1.70. The molecule has 0 bridgehead atoms. The van der Waals surface area contributed by atoms with Crippen LogP contribution >= 0.6 is 0 Å². The number of unbranched alkanes of at least 4 members (excludes halogenated alkanes) is 2. The Labute approximate surface area is 70.7 Å². The first kappa shape index (κ1) is 8.83. The molecule has 0 N–H and O–H groups in total. The van der Waals surface area contributed by atoms with Gasteiger partial charge in [0.2, 0.25) is 0 Å². The standard InChI is InChI=1S/C11H20/c1-10(2)6-4-3-5-7-11-8-9-11/h8,10H,3-7,9H2,1-2H3. The fourth-order valence-corrected chi connectivity index (χ4v) is 1.36. The summed E-state index contributed by atoms with van der Waals surface area (Å²) in [6.07, 6.45) is 10.8. The predicted octanol–water partition coefficient (Wildman–Crippen LogP) is 3.92. The van der Waals surface area contributed by atoms with Crippen molar-refractivity contribution in [3.63, 3.8) is 0 Å². The average Bonchev–Trinajstić information content (AvgIpc) is 2.70. The molecule has 0 spiro atoms. The van der Waals surface area contributed by atoms with E-state index in [1.54, 1.807) is 5.57 Å². The van der Waals surface area contributed by atoms with Crippen LogP contribution in [0.2, 0.25) is 0 Å². The molecule has 0 atom stereocenters. The van der Waals surface area contributed by atoms with Gasteiger partial charge in [-0.25, -0.2) is 0 Å². The molecule has 0 saturated carbocycles. The topological polar surface area (TPSA) is 0 Å². The summed E-state index contributed by atoms with van der Waals surface area (Å²) in [5.74, 6) is 0.898. The minimum atomic E-state index is 0.898. The average molecular weight is 152 g/mol. The van der Waals surface area contributed by atoms with Crippen LogP contribution in [0.25, 0.3) is 0 Å². The maximum absolute atomic E-state index is 2.35. The number of rotatable bonds is 6. The van der Waals surface area contributed by atoms with Gasteiger partial charge in [-0.3, -0.25) is 0 Å². The van der Waals surface area contributed by atoms with E-state index >= 15 is 0 Å². The highest BCUT2D eigenvalue weighted by Gasteiger charge is 2.05. The first-order chi connectivity index (χ1) is 5.29. The van der Waals surface area contributed by atoms with Crippen LogP contribution in [-0.4, -0.2) is 0 Å². The normalized spacial score (nSPS) is 15.4. The highest BCUT2D eigenvalue weighted by molar-refractivity contribution is 5.21. The zero-order chi connectivity index (χ0) is 8.10. The third-order valence-electron chi connectivity index (χ3n) is 2.27. The van der Waals surface area contributed by atoms with Crippen LogP contribution in [0, 0.1) is 5.92 Å². The van der Waals surface area contributed by atoms with Gasteiger partial charge in [-0.2, -0.15) is 0 Å². The molecular weight excluding hydrogens is 132 g/mol. The fourth-order valence-electron chi connectivity index (χ4n) is 1.36. The SMILES string of the molecule is CC(C)CCCCCC1=CC1. The van der Waals surface area contributed by atoms with Crippen molar-refractivity contribution < 1.29 is 0 Å². The lowest BCUT2D eigenvalue weighted by atomic mass is 10.0. The number of hydrogen-bond acceptors (Lipinski definition) is 0. The minimum absolute atomic E-state index is 0.898. The quantitative estimate of drug-likeness (QED) is 0.399. The third-order valence-corrected chi connectivity index (χ3v) is 2.27. The molecular formula is C11H20. The Hall–Kier alpha value is -0.260. The molecule has 0 unspecified atom stereocenters. The van der Waals surface area contributed by atoms with E-state index in [0.717, 1.165) is 5.92 Å². The Morgan fingerprint density at radius 3 is 2.55 bits per heavy atom. The van der Waals surface area contributed by atoms with E-state index in [2.05, 4.69) is 19.9 Å². The predicted molar refractivity (Wildman–Crippen MR) is 50.6 cm³/mol. The first-order valence-electron chi connectivity index (χ1n) is 4.97. The first-order valence-corrected chi connectivity index (χ1v) is 4.97. The Bertz CT molecular complexity index is 131. The highest BCUT2D eigenvalue weighted by Crippen LogP contribution is 2.24. The van der Waals surface area contributed by atoms with Crippen LogP contribution in [0.4, 0.5) is 0 Å². The summed E-state index contributed by atoms with van der Waals surface area (Å²) in [5, 5.41) is 0. The van der Waals surface area contributed by atoms with Crippen molar-refractivity contribution in [3.05, 3.63) is 11.6 Å². The van der Waals surface area contributed by atoms with Gasteiger partial charge in [-0.1, -0.05) is 44.8 Å². The zero-order valence-electron chi connectivity index (χ0n) is 7.90. The van der Waals surface area contributed by atoms with Crippen molar-refractivity contribution in [1.29, 1.82) is 0 Å². The molecule has 0 nitrogen and oxygen atoms in total. The lowest BCUT2D eigenvalue weighted by molar-refractivity contribution is 0.527. The molecule has 1 aliphatic carbocycles. The van der Waals surface area contributed by atoms with Crippen LogP contribution in [0.15, 0.2) is 11.6 Å². The molecule has 0 saturated heterocycles. The molecule has 0 fully saturated rings. The monoisotopic (exact) mass is 152 g/mol. The van der Waals surface area contributed by atoms with Gasteiger partial charge in [0, 0.05) is 0 Å². The van der Waals surface area contributed by atoms with E-state index in [-0.39, 0.29) is 0 Å². The van der Waals surface area contributed by atoms with Crippen molar-refractivity contribution in [2.24, 2.45) is 5.92 Å². The van der Waals surface area contributed by atoms with Crippen LogP contribution < -0.4 is 0 Å². The van der Waals surface area contributed by atoms with Gasteiger partial charge in [-0.05, 0) is 25.2 Å². The summed E-state index contributed by atoms with van der Waals surface area (Å²) in [7, 11) is 0. The summed E-state index contributed by atoms with van der Waals surface area (Å²) in [4.78, 5) is 0. The molecule has 0 heteroatoms. The van der Waals surface area contributed by atoms with Crippen molar-refractivity contribution in [1.82, 2.24) is 0 Å². The molecule has 1 aliphatic rings. The number of allylic oxidation sites excluding steroid dienone is 2. The fraction of sp³-hybridized carbons (Fsp3) is 0.818. The second-order valence-corrected chi connectivity index (χ2v) is 4.06. The van der Waals surface area contributed by atoms with Gasteiger partial charge in [0.15, 0.2) is 0 Å². The van der Waals surface area contributed by atoms with Gasteiger partial charge in [-0.15, -0.1) is 0 Å². The van der Waals surface area contributed by atoms with Crippen LogP contribution in [0.3, 0.4) is 0 Å². The van der Waals surface area contributed by atoms with Crippen molar-refractivity contribution in [2.45, 2.75) is 52.4 Å². The van der Waals surface area contributed by atoms with Gasteiger partial charge >= 0.3 is 0 Å². The smallest absolute Gasteiger partial charge is 0.0136 e. The van der Waals surface area contributed by atoms with Crippen LogP contribution in [-0.2, 0) is 0 Å². The largest absolute Gasteiger partial charge is 0.0810 e. The third kappa shape index (κ3) is 5.06. The lowest BCUT2D eigenvalue weighted by Gasteiger charge is -2.02. The Kier molecular flexibility index (Phi) is 3.68. The zero-order valence-corrected chi connectivity index (χ0v) is 7.90. The van der Waals surface area contributed by atoms with Gasteiger partial charge in [0.05, 0.1) is 0 Å². The van der Waals surface area contributed by atoms with E-state index in [1.807, 2.05) is 0 Å². The molecule has 11 heavy (non-hydrogen) atoms. The molecule has 0 aromatic rings. The summed E-state index contributed by atoms with van der Waals surface area (Å²) in [6.45, 7) is 4.62. The number of hydrogen-bond donors (Lipinski definition) is 0. The van der Waals surface area contributed by atoms with E-state index in [1.165, 1.54) is 38.5 Å². The van der Waals surface area contributed by atoms with E-state index < -0.39 is 0 Å². The Morgan fingerprint density at radius 2 is 2.00 bits per heavy atom. The minimum Gasteiger partial charge on any atom is -0.0810 e. The van der Waals surface area contributed by atoms with Crippen LogP contribution in [0.5, 0.6) is 0 Å². The molecule has 1 rings (SSSR count).